The van der Waals surface area contributed by atoms with E-state index < -0.39 is 5.82 Å². The molecule has 1 aromatic rings. The van der Waals surface area contributed by atoms with Crippen molar-refractivity contribution in [3.8, 4) is 0 Å². The molecule has 0 aliphatic heterocycles. The average molecular weight is 255 g/mol. The van der Waals surface area contributed by atoms with Gasteiger partial charge in [0.25, 0.3) is 0 Å². The SMILES string of the molecule is CC(Cc1ccc(F)c(Cl)c1)[C](Cl)Cl. The first-order chi connectivity index (χ1) is 6.50. The molecule has 0 saturated heterocycles. The summed E-state index contributed by atoms with van der Waals surface area (Å²) in [6, 6.07) is 4.60. The van der Waals surface area contributed by atoms with Gasteiger partial charge in [-0.25, -0.2) is 4.39 Å². The van der Waals surface area contributed by atoms with Crippen molar-refractivity contribution in [2.45, 2.75) is 13.3 Å². The van der Waals surface area contributed by atoms with Gasteiger partial charge in [-0.1, -0.05) is 47.8 Å². The van der Waals surface area contributed by atoms with Crippen LogP contribution < -0.4 is 0 Å². The lowest BCUT2D eigenvalue weighted by atomic mass is 10.0. The Balaban J connectivity index is 2.73. The fourth-order valence-electron chi connectivity index (χ4n) is 1.10. The molecule has 0 aliphatic carbocycles. The highest BCUT2D eigenvalue weighted by Crippen LogP contribution is 2.27. The average Bonchev–Trinajstić information content (AvgIpc) is 2.11. The maximum atomic E-state index is 12.8. The summed E-state index contributed by atoms with van der Waals surface area (Å²) in [5.41, 5.74) is 0.919. The summed E-state index contributed by atoms with van der Waals surface area (Å²) < 4.78 is 12.8. The molecular weight excluding hydrogens is 245 g/mol. The summed E-state index contributed by atoms with van der Waals surface area (Å²) in [7, 11) is 0. The Hall–Kier alpha value is 0.0200. The van der Waals surface area contributed by atoms with Crippen molar-refractivity contribution in [1.82, 2.24) is 0 Å². The van der Waals surface area contributed by atoms with Gasteiger partial charge in [0.15, 0.2) is 4.84 Å². The van der Waals surface area contributed by atoms with Gasteiger partial charge < -0.3 is 0 Å². The molecule has 0 aromatic heterocycles. The van der Waals surface area contributed by atoms with Gasteiger partial charge in [-0.2, -0.15) is 0 Å². The highest BCUT2D eigenvalue weighted by Gasteiger charge is 2.13. The van der Waals surface area contributed by atoms with Crippen LogP contribution in [0.4, 0.5) is 4.39 Å². The molecule has 14 heavy (non-hydrogen) atoms. The smallest absolute Gasteiger partial charge is 0.154 e. The molecule has 1 rings (SSSR count). The van der Waals surface area contributed by atoms with Gasteiger partial charge >= 0.3 is 0 Å². The van der Waals surface area contributed by atoms with Crippen LogP contribution in [0.3, 0.4) is 0 Å². The molecular formula is C10H9Cl3F. The second-order valence-electron chi connectivity index (χ2n) is 3.14. The van der Waals surface area contributed by atoms with Crippen molar-refractivity contribution in [3.63, 3.8) is 0 Å². The molecule has 1 aromatic carbocycles. The highest BCUT2D eigenvalue weighted by molar-refractivity contribution is 6.52. The van der Waals surface area contributed by atoms with Crippen molar-refractivity contribution in [2.24, 2.45) is 5.92 Å². The number of hydrogen-bond acceptors (Lipinski definition) is 0. The fraction of sp³-hybridized carbons (Fsp3) is 0.300. The van der Waals surface area contributed by atoms with E-state index in [1.54, 1.807) is 12.1 Å². The van der Waals surface area contributed by atoms with Gasteiger partial charge in [-0.15, -0.1) is 0 Å². The lowest BCUT2D eigenvalue weighted by Crippen LogP contribution is -2.02. The molecule has 0 saturated carbocycles. The zero-order valence-corrected chi connectivity index (χ0v) is 9.80. The van der Waals surface area contributed by atoms with Gasteiger partial charge in [0, 0.05) is 0 Å². The summed E-state index contributed by atoms with van der Waals surface area (Å²) >= 11 is 16.9. The van der Waals surface area contributed by atoms with Crippen LogP contribution in [0.2, 0.25) is 5.02 Å². The number of benzene rings is 1. The Kier molecular flexibility index (Phi) is 4.49. The van der Waals surface area contributed by atoms with Crippen molar-refractivity contribution in [3.05, 3.63) is 39.4 Å². The van der Waals surface area contributed by atoms with E-state index in [9.17, 15) is 4.39 Å². The van der Waals surface area contributed by atoms with E-state index in [-0.39, 0.29) is 10.9 Å². The molecule has 1 atom stereocenters. The maximum Gasteiger partial charge on any atom is 0.154 e. The third-order valence-electron chi connectivity index (χ3n) is 1.90. The van der Waals surface area contributed by atoms with E-state index in [0.717, 1.165) is 5.56 Å². The van der Waals surface area contributed by atoms with E-state index in [1.807, 2.05) is 6.92 Å². The van der Waals surface area contributed by atoms with Crippen molar-refractivity contribution in [1.29, 1.82) is 0 Å². The van der Waals surface area contributed by atoms with Gasteiger partial charge in [0.2, 0.25) is 0 Å². The Morgan fingerprint density at radius 1 is 1.43 bits per heavy atom. The lowest BCUT2D eigenvalue weighted by molar-refractivity contribution is 0.625. The first-order valence-electron chi connectivity index (χ1n) is 4.12. The van der Waals surface area contributed by atoms with Crippen LogP contribution in [0.15, 0.2) is 18.2 Å². The summed E-state index contributed by atoms with van der Waals surface area (Å²) in [5, 5.41) is 0.125. The van der Waals surface area contributed by atoms with Crippen LogP contribution in [0.1, 0.15) is 12.5 Å². The Labute approximate surface area is 98.0 Å². The summed E-state index contributed by atoms with van der Waals surface area (Å²) in [6.45, 7) is 1.90. The van der Waals surface area contributed by atoms with Crippen LogP contribution in [-0.4, -0.2) is 0 Å². The normalized spacial score (nSPS) is 13.3. The minimum Gasteiger partial charge on any atom is -0.205 e. The van der Waals surface area contributed by atoms with Crippen LogP contribution in [0, 0.1) is 16.6 Å². The largest absolute Gasteiger partial charge is 0.205 e. The monoisotopic (exact) mass is 253 g/mol. The molecule has 0 N–H and O–H groups in total. The van der Waals surface area contributed by atoms with Gasteiger partial charge in [0.05, 0.1) is 5.02 Å². The summed E-state index contributed by atoms with van der Waals surface area (Å²) in [6.07, 6.45) is 0.655. The Bertz CT molecular complexity index is 312. The zero-order valence-electron chi connectivity index (χ0n) is 7.53. The van der Waals surface area contributed by atoms with Crippen LogP contribution in [0.5, 0.6) is 0 Å². The van der Waals surface area contributed by atoms with Crippen LogP contribution >= 0.6 is 34.8 Å². The van der Waals surface area contributed by atoms with Gasteiger partial charge in [0.1, 0.15) is 5.82 Å². The molecule has 0 heterocycles. The second kappa shape index (κ2) is 5.20. The maximum absolute atomic E-state index is 12.8. The van der Waals surface area contributed by atoms with Gasteiger partial charge in [-0.05, 0) is 30.0 Å². The molecule has 0 bridgehead atoms. The first-order valence-corrected chi connectivity index (χ1v) is 5.26. The van der Waals surface area contributed by atoms with Crippen molar-refractivity contribution in [2.75, 3.05) is 0 Å². The third-order valence-corrected chi connectivity index (χ3v) is 2.93. The molecule has 0 nitrogen and oxygen atoms in total. The van der Waals surface area contributed by atoms with E-state index >= 15 is 0 Å². The van der Waals surface area contributed by atoms with E-state index in [4.69, 9.17) is 34.8 Å². The predicted molar refractivity (Wildman–Crippen MR) is 59.2 cm³/mol. The predicted octanol–water partition coefficient (Wildman–Crippen LogP) is 4.62. The molecule has 0 aliphatic rings. The lowest BCUT2D eigenvalue weighted by Gasteiger charge is -2.11. The molecule has 0 amide bonds. The summed E-state index contributed by atoms with van der Waals surface area (Å²) in [4.78, 5) is 0.324. The van der Waals surface area contributed by atoms with E-state index in [1.165, 1.54) is 6.07 Å². The number of halogens is 4. The Morgan fingerprint density at radius 3 is 2.57 bits per heavy atom. The standard InChI is InChI=1S/C10H9Cl3F/c1-6(10(12)13)4-7-2-3-9(14)8(11)5-7/h2-3,5-6H,4H2,1H3. The van der Waals surface area contributed by atoms with E-state index in [2.05, 4.69) is 0 Å². The third kappa shape index (κ3) is 3.30. The van der Waals surface area contributed by atoms with Crippen molar-refractivity contribution >= 4 is 34.8 Å². The van der Waals surface area contributed by atoms with Crippen LogP contribution in [0.25, 0.3) is 0 Å². The van der Waals surface area contributed by atoms with Crippen LogP contribution in [-0.2, 0) is 6.42 Å². The van der Waals surface area contributed by atoms with Gasteiger partial charge in [-0.3, -0.25) is 0 Å². The fourth-order valence-corrected chi connectivity index (χ4v) is 1.45. The molecule has 1 unspecified atom stereocenters. The van der Waals surface area contributed by atoms with Crippen molar-refractivity contribution < 1.29 is 4.39 Å². The highest BCUT2D eigenvalue weighted by atomic mass is 35.5. The number of hydrogen-bond donors (Lipinski definition) is 0. The first kappa shape index (κ1) is 12.1. The molecule has 4 heteroatoms. The zero-order chi connectivity index (χ0) is 10.7. The molecule has 0 spiro atoms. The molecule has 0 fully saturated rings. The Morgan fingerprint density at radius 2 is 2.07 bits per heavy atom. The molecule has 1 radical (unpaired) electrons. The minimum atomic E-state index is -0.413. The summed E-state index contributed by atoms with van der Waals surface area (Å²) in [5.74, 6) is -0.371. The number of rotatable bonds is 3. The quantitative estimate of drug-likeness (QED) is 0.738. The topological polar surface area (TPSA) is 0 Å². The minimum absolute atomic E-state index is 0.0415. The van der Waals surface area contributed by atoms with E-state index in [0.29, 0.717) is 11.3 Å². The molecule has 77 valence electrons. The second-order valence-corrected chi connectivity index (χ2v) is 4.56.